The molecule has 186 valence electrons. The molecule has 0 heteroatoms. The third-order valence-electron chi connectivity index (χ3n) is 6.87. The van der Waals surface area contributed by atoms with Crippen LogP contribution in [0.3, 0.4) is 0 Å². The maximum absolute atomic E-state index is 9.37. The number of benzene rings is 8. The van der Waals surface area contributed by atoms with Gasteiger partial charge in [-0.15, -0.1) is 0 Å². The zero-order valence-electron chi connectivity index (χ0n) is 38.6. The molecule has 0 heterocycles. The van der Waals surface area contributed by atoms with Crippen molar-refractivity contribution in [2.75, 3.05) is 0 Å². The topological polar surface area (TPSA) is 0 Å². The number of fused-ring (bicyclic) bond motifs is 4. The molecule has 0 aliphatic rings. The van der Waals surface area contributed by atoms with Gasteiger partial charge < -0.3 is 0 Å². The van der Waals surface area contributed by atoms with E-state index in [2.05, 4.69) is 0 Å². The monoisotopic (exact) mass is 524 g/mol. The highest BCUT2D eigenvalue weighted by atomic mass is 14.2. The molecule has 0 fully saturated rings. The van der Waals surface area contributed by atoms with Crippen molar-refractivity contribution >= 4 is 43.1 Å². The van der Waals surface area contributed by atoms with E-state index in [0.29, 0.717) is 21.5 Å². The fourth-order valence-electron chi connectivity index (χ4n) is 5.14. The molecular formula is C40H26. The number of rotatable bonds is 3. The highest BCUT2D eigenvalue weighted by Gasteiger charge is 2.17. The van der Waals surface area contributed by atoms with Gasteiger partial charge in [0.05, 0.1) is 24.7 Å². The van der Waals surface area contributed by atoms with Crippen molar-refractivity contribution in [3.05, 3.63) is 157 Å². The Kier molecular flexibility index (Phi) is 2.56. The first-order valence-corrected chi connectivity index (χ1v) is 12.4. The molecule has 8 aromatic rings. The lowest BCUT2D eigenvalue weighted by molar-refractivity contribution is 1.63. The summed E-state index contributed by atoms with van der Waals surface area (Å²) in [6.45, 7) is 0. The maximum atomic E-state index is 9.37. The molecular weight excluding hydrogens is 480 g/mol. The third-order valence-corrected chi connectivity index (χ3v) is 6.87. The van der Waals surface area contributed by atoms with Crippen LogP contribution in [-0.2, 0) is 0 Å². The first-order chi connectivity index (χ1) is 27.4. The summed E-state index contributed by atoms with van der Waals surface area (Å²) >= 11 is 0. The standard InChI is InChI=1S/C40H26/c1-2-12-31-26-32(25-22-27(31)10-1)28-20-23-30(24-21-28)39-35-15-5-7-17-37(35)40(38-18-8-6-16-36(38)39)34-19-9-13-29-11-3-4-14-33(29)34/h1-26H/i1D,2D,3D,4D,9D,10D,11D,12D,13D,14D,19D,20D,21D,22D,23D,24D,25D,26D. The highest BCUT2D eigenvalue weighted by molar-refractivity contribution is 6.23. The van der Waals surface area contributed by atoms with Gasteiger partial charge in [-0.2, -0.15) is 0 Å². The van der Waals surface area contributed by atoms with Crippen LogP contribution in [0.4, 0.5) is 0 Å². The molecule has 8 aromatic carbocycles. The smallest absolute Gasteiger partial charge is 0.0616 e. The molecule has 0 bridgehead atoms. The summed E-state index contributed by atoms with van der Waals surface area (Å²) in [5.41, 5.74) is -0.769. The van der Waals surface area contributed by atoms with Crippen LogP contribution in [0.2, 0.25) is 0 Å². The lowest BCUT2D eigenvalue weighted by atomic mass is 9.84. The highest BCUT2D eigenvalue weighted by Crippen LogP contribution is 2.45. The molecule has 0 unspecified atom stereocenters. The summed E-state index contributed by atoms with van der Waals surface area (Å²) in [4.78, 5) is 0. The van der Waals surface area contributed by atoms with Gasteiger partial charge in [0.15, 0.2) is 0 Å². The van der Waals surface area contributed by atoms with Gasteiger partial charge in [-0.25, -0.2) is 0 Å². The van der Waals surface area contributed by atoms with Crippen LogP contribution in [0.25, 0.3) is 76.5 Å². The van der Waals surface area contributed by atoms with Gasteiger partial charge in [0.2, 0.25) is 0 Å². The lowest BCUT2D eigenvalue weighted by Gasteiger charge is -2.19. The number of hydrogen-bond acceptors (Lipinski definition) is 0. The molecule has 0 spiro atoms. The molecule has 0 aromatic heterocycles. The lowest BCUT2D eigenvalue weighted by Crippen LogP contribution is -1.91. The van der Waals surface area contributed by atoms with Crippen LogP contribution >= 0.6 is 0 Å². The summed E-state index contributed by atoms with van der Waals surface area (Å²) in [5.74, 6) is 0. The molecule has 0 N–H and O–H groups in total. The summed E-state index contributed by atoms with van der Waals surface area (Å²) in [6.07, 6.45) is 0. The predicted molar refractivity (Wildman–Crippen MR) is 173 cm³/mol. The number of hydrogen-bond donors (Lipinski definition) is 0. The van der Waals surface area contributed by atoms with Gasteiger partial charge in [-0.3, -0.25) is 0 Å². The second kappa shape index (κ2) is 9.22. The molecule has 0 radical (unpaired) electrons. The van der Waals surface area contributed by atoms with E-state index in [9.17, 15) is 5.48 Å². The normalized spacial score (nSPS) is 17.8. The minimum absolute atomic E-state index is 0.0386. The zero-order valence-corrected chi connectivity index (χ0v) is 20.6. The van der Waals surface area contributed by atoms with Crippen molar-refractivity contribution in [1.82, 2.24) is 0 Å². The van der Waals surface area contributed by atoms with Crippen LogP contribution in [-0.4, -0.2) is 0 Å². The van der Waals surface area contributed by atoms with Crippen molar-refractivity contribution in [3.63, 3.8) is 0 Å². The van der Waals surface area contributed by atoms with Crippen LogP contribution in [0, 0.1) is 0 Å². The Morgan fingerprint density at radius 1 is 0.350 bits per heavy atom. The molecule has 0 saturated heterocycles. The SMILES string of the molecule is [2H]c1c([2H])c(-c2c3ccccc3c(-c3c([2H])c([2H])c([2H])c4c([2H])c([2H])c([2H])c([2H])c34)c3ccccc23)c([2H])c([2H])c1-c1c([2H])c([2H])c2c([2H])c([2H])c([2H])c([2H])c2c1[2H]. The summed E-state index contributed by atoms with van der Waals surface area (Å²) < 4.78 is 158. The van der Waals surface area contributed by atoms with Crippen LogP contribution in [0.1, 0.15) is 24.7 Å². The van der Waals surface area contributed by atoms with E-state index in [1.54, 1.807) is 48.5 Å². The molecule has 8 rings (SSSR count). The summed E-state index contributed by atoms with van der Waals surface area (Å²) in [7, 11) is 0. The molecule has 0 amide bonds. The maximum Gasteiger partial charge on any atom is 0.0636 e. The van der Waals surface area contributed by atoms with Crippen LogP contribution < -0.4 is 0 Å². The van der Waals surface area contributed by atoms with Gasteiger partial charge >= 0.3 is 0 Å². The quantitative estimate of drug-likeness (QED) is 0.202. The zero-order chi connectivity index (χ0) is 42.1. The molecule has 0 nitrogen and oxygen atoms in total. The minimum Gasteiger partial charge on any atom is -0.0616 e. The third kappa shape index (κ3) is 3.61. The molecule has 0 atom stereocenters. The van der Waals surface area contributed by atoms with Crippen LogP contribution in [0.5, 0.6) is 0 Å². The first-order valence-electron chi connectivity index (χ1n) is 21.4. The van der Waals surface area contributed by atoms with E-state index in [1.165, 1.54) is 0 Å². The van der Waals surface area contributed by atoms with Gasteiger partial charge in [0.25, 0.3) is 0 Å². The van der Waals surface area contributed by atoms with Gasteiger partial charge in [-0.1, -0.05) is 151 Å². The van der Waals surface area contributed by atoms with Gasteiger partial charge in [0.1, 0.15) is 0 Å². The average molecular weight is 525 g/mol. The van der Waals surface area contributed by atoms with Crippen LogP contribution in [0.15, 0.2) is 157 Å². The Morgan fingerprint density at radius 3 is 1.57 bits per heavy atom. The largest absolute Gasteiger partial charge is 0.0636 e. The van der Waals surface area contributed by atoms with Crippen molar-refractivity contribution in [2.24, 2.45) is 0 Å². The Balaban J connectivity index is 1.52. The average Bonchev–Trinajstić information content (AvgIpc) is 3.21. The molecule has 0 saturated carbocycles. The van der Waals surface area contributed by atoms with E-state index in [1.807, 2.05) is 0 Å². The Bertz CT molecular complexity index is 3110. The summed E-state index contributed by atoms with van der Waals surface area (Å²) in [5, 5.41) is 0.243. The first kappa shape index (κ1) is 11.1. The van der Waals surface area contributed by atoms with E-state index in [4.69, 9.17) is 19.2 Å². The molecule has 0 aliphatic carbocycles. The minimum atomic E-state index is -0.722. The second-order valence-corrected chi connectivity index (χ2v) is 9.09. The van der Waals surface area contributed by atoms with Gasteiger partial charge in [-0.05, 0) is 82.5 Å². The van der Waals surface area contributed by atoms with Crippen molar-refractivity contribution in [1.29, 1.82) is 0 Å². The fraction of sp³-hybridized carbons (Fsp3) is 0. The Hall–Kier alpha value is -5.20. The van der Waals surface area contributed by atoms with Gasteiger partial charge in [0, 0.05) is 0 Å². The van der Waals surface area contributed by atoms with Crippen molar-refractivity contribution in [2.45, 2.75) is 0 Å². The van der Waals surface area contributed by atoms with Crippen molar-refractivity contribution in [3.8, 4) is 33.4 Å². The fourth-order valence-corrected chi connectivity index (χ4v) is 5.14. The van der Waals surface area contributed by atoms with Crippen molar-refractivity contribution < 1.29 is 24.7 Å². The Labute approximate surface area is 259 Å². The van der Waals surface area contributed by atoms with E-state index >= 15 is 0 Å². The molecule has 40 heavy (non-hydrogen) atoms. The van der Waals surface area contributed by atoms with E-state index in [0.717, 1.165) is 0 Å². The predicted octanol–water partition coefficient (Wildman–Crippen LogP) is 11.3. The molecule has 0 aliphatic heterocycles. The Morgan fingerprint density at radius 2 is 0.875 bits per heavy atom. The second-order valence-electron chi connectivity index (χ2n) is 9.09. The van der Waals surface area contributed by atoms with E-state index < -0.39 is 125 Å². The van der Waals surface area contributed by atoms with E-state index in [-0.39, 0.29) is 38.4 Å². The summed E-state index contributed by atoms with van der Waals surface area (Å²) in [6, 6.07) is 2.19.